The van der Waals surface area contributed by atoms with Gasteiger partial charge in [0, 0.05) is 39.2 Å². The van der Waals surface area contributed by atoms with Crippen molar-refractivity contribution in [2.24, 2.45) is 0 Å². The summed E-state index contributed by atoms with van der Waals surface area (Å²) in [5.74, 6) is 0. The van der Waals surface area contributed by atoms with Crippen LogP contribution in [0.5, 0.6) is 0 Å². The Morgan fingerprint density at radius 1 is 0.525 bits per heavy atom. The molecular formula is C38H46N2. The molecule has 0 aliphatic carbocycles. The SMILES string of the molecule is CN(C)CCCCCCn1c2cc(C(C)(C)c3ccccc3)ccc2c2ccc(C(C)(C)c3ccccc3)cc21. The van der Waals surface area contributed by atoms with Crippen LogP contribution in [0.15, 0.2) is 97.1 Å². The maximum atomic E-state index is 2.62. The van der Waals surface area contributed by atoms with E-state index in [4.69, 9.17) is 0 Å². The molecule has 0 bridgehead atoms. The van der Waals surface area contributed by atoms with Gasteiger partial charge in [0.2, 0.25) is 0 Å². The molecule has 0 spiro atoms. The predicted octanol–water partition coefficient (Wildman–Crippen LogP) is 9.57. The maximum absolute atomic E-state index is 2.62. The number of unbranched alkanes of at least 4 members (excludes halogenated alkanes) is 3. The fourth-order valence-corrected chi connectivity index (χ4v) is 6.21. The number of rotatable bonds is 11. The van der Waals surface area contributed by atoms with Gasteiger partial charge in [-0.05, 0) is 67.9 Å². The van der Waals surface area contributed by atoms with Crippen molar-refractivity contribution >= 4 is 21.8 Å². The molecule has 2 heteroatoms. The molecule has 0 amide bonds. The smallest absolute Gasteiger partial charge is 0.0494 e. The first-order valence-electron chi connectivity index (χ1n) is 15.0. The number of aromatic nitrogens is 1. The molecule has 0 fully saturated rings. The molecule has 1 aromatic heterocycles. The first kappa shape index (κ1) is 28.2. The van der Waals surface area contributed by atoms with Crippen LogP contribution in [0.2, 0.25) is 0 Å². The Hall–Kier alpha value is -3.36. The van der Waals surface area contributed by atoms with Gasteiger partial charge in [-0.15, -0.1) is 0 Å². The second-order valence-corrected chi connectivity index (χ2v) is 12.8. The van der Waals surface area contributed by atoms with E-state index in [1.165, 1.54) is 76.3 Å². The monoisotopic (exact) mass is 530 g/mol. The van der Waals surface area contributed by atoms with Gasteiger partial charge in [-0.3, -0.25) is 0 Å². The predicted molar refractivity (Wildman–Crippen MR) is 174 cm³/mol. The summed E-state index contributed by atoms with van der Waals surface area (Å²) in [5.41, 5.74) is 8.03. The zero-order chi connectivity index (χ0) is 28.3. The number of benzene rings is 4. The molecule has 1 heterocycles. The van der Waals surface area contributed by atoms with E-state index in [9.17, 15) is 0 Å². The first-order chi connectivity index (χ1) is 19.2. The molecule has 0 radical (unpaired) electrons. The van der Waals surface area contributed by atoms with E-state index >= 15 is 0 Å². The van der Waals surface area contributed by atoms with Gasteiger partial charge in [0.1, 0.15) is 0 Å². The van der Waals surface area contributed by atoms with Crippen molar-refractivity contribution < 1.29 is 0 Å². The van der Waals surface area contributed by atoms with E-state index in [0.717, 1.165) is 6.54 Å². The van der Waals surface area contributed by atoms with Gasteiger partial charge < -0.3 is 9.47 Å². The highest BCUT2D eigenvalue weighted by Gasteiger charge is 2.26. The van der Waals surface area contributed by atoms with Crippen LogP contribution in [0, 0.1) is 0 Å². The van der Waals surface area contributed by atoms with Crippen molar-refractivity contribution in [1.82, 2.24) is 9.47 Å². The van der Waals surface area contributed by atoms with Crippen LogP contribution in [-0.4, -0.2) is 30.1 Å². The number of hydrogen-bond acceptors (Lipinski definition) is 1. The summed E-state index contributed by atoms with van der Waals surface area (Å²) >= 11 is 0. The standard InChI is InChI=1S/C38H46N2/c1-37(2,29-17-11-9-12-18-29)31-21-23-33-34-24-22-32(38(3,4)30-19-13-10-14-20-30)28-36(34)40(35(33)27-31)26-16-8-7-15-25-39(5)6/h9-14,17-24,27-28H,7-8,15-16,25-26H2,1-6H3. The van der Waals surface area contributed by atoms with E-state index in [1.807, 2.05) is 0 Å². The summed E-state index contributed by atoms with van der Waals surface area (Å²) in [6.07, 6.45) is 5.02. The largest absolute Gasteiger partial charge is 0.340 e. The zero-order valence-electron chi connectivity index (χ0n) is 25.4. The second-order valence-electron chi connectivity index (χ2n) is 12.8. The summed E-state index contributed by atoms with van der Waals surface area (Å²) in [6, 6.07) is 36.2. The molecule has 40 heavy (non-hydrogen) atoms. The third-order valence-corrected chi connectivity index (χ3v) is 9.04. The van der Waals surface area contributed by atoms with Crippen molar-refractivity contribution in [3.63, 3.8) is 0 Å². The van der Waals surface area contributed by atoms with Gasteiger partial charge in [0.25, 0.3) is 0 Å². The molecule has 0 aliphatic rings. The summed E-state index contributed by atoms with van der Waals surface area (Å²) in [7, 11) is 4.34. The molecule has 5 aromatic rings. The molecule has 5 rings (SSSR count). The first-order valence-corrected chi connectivity index (χ1v) is 15.0. The quantitative estimate of drug-likeness (QED) is 0.154. The van der Waals surface area contributed by atoms with E-state index in [-0.39, 0.29) is 10.8 Å². The molecule has 2 nitrogen and oxygen atoms in total. The zero-order valence-corrected chi connectivity index (χ0v) is 25.4. The molecule has 0 N–H and O–H groups in total. The van der Waals surface area contributed by atoms with Crippen molar-refractivity contribution in [3.05, 3.63) is 119 Å². The van der Waals surface area contributed by atoms with E-state index in [0.29, 0.717) is 0 Å². The topological polar surface area (TPSA) is 8.17 Å². The lowest BCUT2D eigenvalue weighted by Gasteiger charge is -2.26. The van der Waals surface area contributed by atoms with Crippen molar-refractivity contribution in [1.29, 1.82) is 0 Å². The van der Waals surface area contributed by atoms with Gasteiger partial charge >= 0.3 is 0 Å². The highest BCUT2D eigenvalue weighted by atomic mass is 15.0. The molecule has 0 aliphatic heterocycles. The maximum Gasteiger partial charge on any atom is 0.0494 e. The molecule has 4 aromatic carbocycles. The fourth-order valence-electron chi connectivity index (χ4n) is 6.21. The van der Waals surface area contributed by atoms with Crippen LogP contribution in [0.3, 0.4) is 0 Å². The molecule has 0 saturated carbocycles. The van der Waals surface area contributed by atoms with Crippen LogP contribution in [0.4, 0.5) is 0 Å². The lowest BCUT2D eigenvalue weighted by Crippen LogP contribution is -2.19. The van der Waals surface area contributed by atoms with Crippen LogP contribution in [-0.2, 0) is 17.4 Å². The molecule has 208 valence electrons. The minimum atomic E-state index is -0.0661. The van der Waals surface area contributed by atoms with Gasteiger partial charge in [-0.2, -0.15) is 0 Å². The summed E-state index contributed by atoms with van der Waals surface area (Å²) in [4.78, 5) is 2.29. The van der Waals surface area contributed by atoms with Gasteiger partial charge in [-0.25, -0.2) is 0 Å². The summed E-state index contributed by atoms with van der Waals surface area (Å²) in [6.45, 7) is 11.6. The van der Waals surface area contributed by atoms with Crippen molar-refractivity contribution in [2.45, 2.75) is 70.8 Å². The lowest BCUT2D eigenvalue weighted by atomic mass is 9.77. The second kappa shape index (κ2) is 11.6. The van der Waals surface area contributed by atoms with Crippen LogP contribution in [0.25, 0.3) is 21.8 Å². The minimum absolute atomic E-state index is 0.0661. The van der Waals surface area contributed by atoms with E-state index in [1.54, 1.807) is 0 Å². The van der Waals surface area contributed by atoms with Crippen molar-refractivity contribution in [2.75, 3.05) is 20.6 Å². The third kappa shape index (κ3) is 5.60. The Labute approximate surface area is 241 Å². The number of aryl methyl sites for hydroxylation is 1. The number of nitrogens with zero attached hydrogens (tertiary/aromatic N) is 2. The summed E-state index contributed by atoms with van der Waals surface area (Å²) in [5, 5.41) is 2.72. The normalized spacial score (nSPS) is 12.6. The third-order valence-electron chi connectivity index (χ3n) is 9.04. The Morgan fingerprint density at radius 3 is 1.43 bits per heavy atom. The van der Waals surface area contributed by atoms with E-state index in [2.05, 4.69) is 148 Å². The highest BCUT2D eigenvalue weighted by Crippen LogP contribution is 2.39. The Kier molecular flexibility index (Phi) is 8.19. The Bertz CT molecular complexity index is 1450. The van der Waals surface area contributed by atoms with Crippen LogP contribution in [0.1, 0.15) is 75.6 Å². The minimum Gasteiger partial charge on any atom is -0.340 e. The summed E-state index contributed by atoms with van der Waals surface area (Å²) < 4.78 is 2.62. The lowest BCUT2D eigenvalue weighted by molar-refractivity contribution is 0.389. The van der Waals surface area contributed by atoms with Crippen LogP contribution >= 0.6 is 0 Å². The van der Waals surface area contributed by atoms with Gasteiger partial charge in [-0.1, -0.05) is 125 Å². The van der Waals surface area contributed by atoms with Crippen LogP contribution < -0.4 is 0 Å². The number of fused-ring (bicyclic) bond motifs is 3. The van der Waals surface area contributed by atoms with Gasteiger partial charge in [0.05, 0.1) is 0 Å². The molecular weight excluding hydrogens is 484 g/mol. The fraction of sp³-hybridized carbons (Fsp3) is 0.368. The van der Waals surface area contributed by atoms with E-state index < -0.39 is 0 Å². The van der Waals surface area contributed by atoms with Crippen molar-refractivity contribution in [3.8, 4) is 0 Å². The van der Waals surface area contributed by atoms with Gasteiger partial charge in [0.15, 0.2) is 0 Å². The Morgan fingerprint density at radius 2 is 0.975 bits per heavy atom. The Balaban J connectivity index is 1.58. The molecule has 0 saturated heterocycles. The molecule has 0 atom stereocenters. The highest BCUT2D eigenvalue weighted by molar-refractivity contribution is 6.08. The number of hydrogen-bond donors (Lipinski definition) is 0. The average Bonchev–Trinajstić information content (AvgIpc) is 3.28. The molecule has 0 unspecified atom stereocenters. The average molecular weight is 531 g/mol.